The van der Waals surface area contributed by atoms with Gasteiger partial charge in [-0.2, -0.15) is 0 Å². The van der Waals surface area contributed by atoms with Crippen molar-refractivity contribution in [2.24, 2.45) is 5.92 Å². The molecule has 0 saturated carbocycles. The molecular weight excluding hydrogens is 501 g/mol. The number of benzene rings is 3. The summed E-state index contributed by atoms with van der Waals surface area (Å²) in [6.45, 7) is 0. The summed E-state index contributed by atoms with van der Waals surface area (Å²) in [6.07, 6.45) is 15.7. The molecule has 0 bridgehead atoms. The molecule has 3 aromatic rings. The van der Waals surface area contributed by atoms with Crippen molar-refractivity contribution in [2.75, 3.05) is 0 Å². The fraction of sp³-hybridized carbons (Fsp3) is 0.129. The zero-order chi connectivity index (χ0) is 23.9. The second-order valence-corrected chi connectivity index (χ2v) is 10.1. The summed E-state index contributed by atoms with van der Waals surface area (Å²) in [5, 5.41) is 5.65. The Hall–Kier alpha value is -3.50. The molecule has 3 aliphatic rings. The van der Waals surface area contributed by atoms with Gasteiger partial charge in [-0.3, -0.25) is 4.79 Å². The summed E-state index contributed by atoms with van der Waals surface area (Å²) >= 11 is 3.62. The van der Waals surface area contributed by atoms with Crippen LogP contribution in [-0.2, 0) is 6.42 Å². The highest BCUT2D eigenvalue weighted by atomic mass is 79.9. The molecule has 1 aliphatic heterocycles. The smallest absolute Gasteiger partial charge is 0.172 e. The van der Waals surface area contributed by atoms with Gasteiger partial charge in [0.25, 0.3) is 0 Å². The molecule has 0 fully saturated rings. The molecule has 0 amide bonds. The highest BCUT2D eigenvalue weighted by Gasteiger charge is 2.31. The van der Waals surface area contributed by atoms with Gasteiger partial charge in [0.2, 0.25) is 0 Å². The molecular formula is C31H23BrFNO. The molecule has 172 valence electrons. The van der Waals surface area contributed by atoms with E-state index in [9.17, 15) is 9.18 Å². The van der Waals surface area contributed by atoms with E-state index >= 15 is 0 Å². The molecule has 0 aromatic heterocycles. The number of Topliss-reactive ketones (excluding diaryl/α,β-unsaturated/α-hetero) is 1. The van der Waals surface area contributed by atoms with Gasteiger partial charge in [-0.05, 0) is 82.0 Å². The van der Waals surface area contributed by atoms with Crippen molar-refractivity contribution >= 4 is 33.9 Å². The molecule has 3 aromatic carbocycles. The van der Waals surface area contributed by atoms with Crippen molar-refractivity contribution in [3.8, 4) is 11.1 Å². The highest BCUT2D eigenvalue weighted by molar-refractivity contribution is 9.10. The number of halogens is 2. The monoisotopic (exact) mass is 523 g/mol. The summed E-state index contributed by atoms with van der Waals surface area (Å²) in [4.78, 5) is 13.6. The van der Waals surface area contributed by atoms with E-state index in [1.165, 1.54) is 28.3 Å². The molecule has 2 aliphatic carbocycles. The quantitative estimate of drug-likeness (QED) is 0.432. The molecule has 1 heterocycles. The van der Waals surface area contributed by atoms with Gasteiger partial charge in [0, 0.05) is 28.2 Å². The first kappa shape index (κ1) is 22.0. The number of nitrogens with one attached hydrogen (secondary N) is 1. The number of carbonyl (C=O) groups is 1. The minimum absolute atomic E-state index is 0.00858. The van der Waals surface area contributed by atoms with Crippen LogP contribution in [0.15, 0.2) is 95.3 Å². The molecule has 2 nitrogen and oxygen atoms in total. The first-order chi connectivity index (χ1) is 17.1. The van der Waals surface area contributed by atoms with Crippen LogP contribution in [0.2, 0.25) is 0 Å². The molecule has 0 radical (unpaired) electrons. The topological polar surface area (TPSA) is 29.1 Å². The van der Waals surface area contributed by atoms with Gasteiger partial charge < -0.3 is 5.32 Å². The Balaban J connectivity index is 1.56. The van der Waals surface area contributed by atoms with Gasteiger partial charge in [-0.25, -0.2) is 4.39 Å². The lowest BCUT2D eigenvalue weighted by molar-refractivity contribution is 0.0939. The molecule has 4 heteroatoms. The van der Waals surface area contributed by atoms with Crippen LogP contribution in [-0.4, -0.2) is 5.78 Å². The van der Waals surface area contributed by atoms with Crippen LogP contribution in [0, 0.1) is 11.7 Å². The minimum atomic E-state index is -0.466. The fourth-order valence-corrected chi connectivity index (χ4v) is 5.82. The van der Waals surface area contributed by atoms with Crippen LogP contribution in [0.25, 0.3) is 23.3 Å². The zero-order valence-electron chi connectivity index (χ0n) is 19.0. The van der Waals surface area contributed by atoms with Crippen molar-refractivity contribution in [3.63, 3.8) is 0 Å². The van der Waals surface area contributed by atoms with E-state index in [1.807, 2.05) is 24.4 Å². The minimum Gasteiger partial charge on any atom is -0.364 e. The molecule has 2 atom stereocenters. The van der Waals surface area contributed by atoms with Crippen molar-refractivity contribution in [2.45, 2.75) is 18.8 Å². The molecule has 1 N–H and O–H groups in total. The Kier molecular flexibility index (Phi) is 5.62. The van der Waals surface area contributed by atoms with Crippen molar-refractivity contribution in [1.29, 1.82) is 0 Å². The normalized spacial score (nSPS) is 19.7. The average Bonchev–Trinajstić information content (AvgIpc) is 3.17. The predicted octanol–water partition coefficient (Wildman–Crippen LogP) is 5.92. The van der Waals surface area contributed by atoms with Crippen LogP contribution in [0.5, 0.6) is 0 Å². The number of fused-ring (bicyclic) bond motifs is 5. The van der Waals surface area contributed by atoms with Crippen LogP contribution < -0.4 is 15.8 Å². The van der Waals surface area contributed by atoms with Gasteiger partial charge in [-0.1, -0.05) is 70.6 Å². The maximum absolute atomic E-state index is 14.6. The lowest BCUT2D eigenvalue weighted by Gasteiger charge is -2.30. The molecule has 0 spiro atoms. The van der Waals surface area contributed by atoms with Crippen molar-refractivity contribution in [1.82, 2.24) is 5.32 Å². The third kappa shape index (κ3) is 3.92. The number of allylic oxidation sites excluding steroid dienone is 5. The van der Waals surface area contributed by atoms with Crippen LogP contribution in [0.1, 0.15) is 33.8 Å². The number of carbonyl (C=O) groups excluding carboxylic acids is 1. The Labute approximate surface area is 212 Å². The first-order valence-corrected chi connectivity index (χ1v) is 12.6. The third-order valence-electron chi connectivity index (χ3n) is 7.14. The highest BCUT2D eigenvalue weighted by Crippen LogP contribution is 2.35. The standard InChI is InChI=1S/C31H23BrFNO/c32-21-11-9-19-10-12-23-22(26(19)18-21)13-14-24-27(23)16-20(31(35)25-6-3-4-7-29(25)33)17-28(24)30-8-2-1-5-15-34-30/h1-9,11-16,18,20,28,34H,10,17H2. The summed E-state index contributed by atoms with van der Waals surface area (Å²) < 4.78 is 15.6. The van der Waals surface area contributed by atoms with E-state index < -0.39 is 11.7 Å². The largest absolute Gasteiger partial charge is 0.364 e. The number of hydrogen-bond donors (Lipinski definition) is 1. The SMILES string of the molecule is O=C(c1ccccc1F)C1C=c2c(ccc3c2=CCc2ccc(Br)cc2-3)C(C2=CC=CC=CN2)C1. The second-order valence-electron chi connectivity index (χ2n) is 9.16. The Morgan fingerprint density at radius 2 is 1.86 bits per heavy atom. The maximum Gasteiger partial charge on any atom is 0.172 e. The Morgan fingerprint density at radius 1 is 0.971 bits per heavy atom. The van der Waals surface area contributed by atoms with Gasteiger partial charge in [0.1, 0.15) is 5.82 Å². The van der Waals surface area contributed by atoms with E-state index in [0.717, 1.165) is 27.0 Å². The van der Waals surface area contributed by atoms with Crippen molar-refractivity contribution < 1.29 is 9.18 Å². The second kappa shape index (κ2) is 8.94. The molecule has 35 heavy (non-hydrogen) atoms. The average molecular weight is 524 g/mol. The molecule has 2 unspecified atom stereocenters. The lowest BCUT2D eigenvalue weighted by atomic mass is 9.75. The zero-order valence-corrected chi connectivity index (χ0v) is 20.6. The van der Waals surface area contributed by atoms with E-state index in [1.54, 1.807) is 18.2 Å². The summed E-state index contributed by atoms with van der Waals surface area (Å²) in [5.41, 5.74) is 6.05. The number of rotatable bonds is 3. The van der Waals surface area contributed by atoms with Gasteiger partial charge >= 0.3 is 0 Å². The van der Waals surface area contributed by atoms with Crippen molar-refractivity contribution in [3.05, 3.63) is 128 Å². The third-order valence-corrected chi connectivity index (χ3v) is 7.63. The predicted molar refractivity (Wildman–Crippen MR) is 143 cm³/mol. The lowest BCUT2D eigenvalue weighted by Crippen LogP contribution is -2.40. The Bertz CT molecular complexity index is 1580. The molecule has 0 saturated heterocycles. The maximum atomic E-state index is 14.6. The van der Waals surface area contributed by atoms with Crippen LogP contribution in [0.4, 0.5) is 4.39 Å². The summed E-state index contributed by atoms with van der Waals surface area (Å²) in [7, 11) is 0. The van der Waals surface area contributed by atoms with Gasteiger partial charge in [0.15, 0.2) is 5.78 Å². The molecule has 6 rings (SSSR count). The fourth-order valence-electron chi connectivity index (χ4n) is 5.46. The summed E-state index contributed by atoms with van der Waals surface area (Å²) in [6, 6.07) is 17.1. The van der Waals surface area contributed by atoms with E-state index in [-0.39, 0.29) is 17.3 Å². The summed E-state index contributed by atoms with van der Waals surface area (Å²) in [5.74, 6) is -1.07. The van der Waals surface area contributed by atoms with E-state index in [2.05, 4.69) is 69.8 Å². The number of hydrogen-bond acceptors (Lipinski definition) is 2. The van der Waals surface area contributed by atoms with E-state index in [0.29, 0.717) is 6.42 Å². The first-order valence-electron chi connectivity index (χ1n) is 11.8. The Morgan fingerprint density at radius 3 is 2.74 bits per heavy atom. The van der Waals surface area contributed by atoms with Crippen LogP contribution in [0.3, 0.4) is 0 Å². The number of ketones is 1. The van der Waals surface area contributed by atoms with E-state index in [4.69, 9.17) is 0 Å². The van der Waals surface area contributed by atoms with Gasteiger partial charge in [-0.15, -0.1) is 0 Å². The van der Waals surface area contributed by atoms with Crippen LogP contribution >= 0.6 is 15.9 Å². The van der Waals surface area contributed by atoms with Gasteiger partial charge in [0.05, 0.1) is 5.56 Å².